The minimum Gasteiger partial charge on any atom is -0.493 e. The van der Waals surface area contributed by atoms with Crippen LogP contribution in [0.15, 0.2) is 12.1 Å². The van der Waals surface area contributed by atoms with E-state index in [4.69, 9.17) is 32.7 Å². The van der Waals surface area contributed by atoms with Gasteiger partial charge in [0.1, 0.15) is 11.5 Å². The molecule has 1 aromatic carbocycles. The second-order valence-electron chi connectivity index (χ2n) is 6.35. The second-order valence-corrected chi connectivity index (χ2v) is 6.88. The molecule has 0 aliphatic rings. The van der Waals surface area contributed by atoms with E-state index in [0.29, 0.717) is 25.0 Å². The van der Waals surface area contributed by atoms with Gasteiger partial charge in [-0.2, -0.15) is 0 Å². The lowest BCUT2D eigenvalue weighted by molar-refractivity contribution is 0.273. The fourth-order valence-corrected chi connectivity index (χ4v) is 2.67. The Hall–Kier alpha value is -0.680. The number of rotatable bonds is 12. The van der Waals surface area contributed by atoms with Crippen molar-refractivity contribution >= 4 is 23.2 Å². The SMILES string of the molecule is CN(C)CCCOc1cc(CCl)c(OCCCN(C)C)cc1CCl. The molecule has 0 amide bonds. The summed E-state index contributed by atoms with van der Waals surface area (Å²) in [5.74, 6) is 2.39. The number of hydrogen-bond donors (Lipinski definition) is 0. The molecule has 0 unspecified atom stereocenters. The van der Waals surface area contributed by atoms with Crippen LogP contribution < -0.4 is 9.47 Å². The Morgan fingerprint density at radius 1 is 0.750 bits per heavy atom. The molecule has 6 heteroatoms. The molecule has 0 atom stereocenters. The van der Waals surface area contributed by atoms with Crippen molar-refractivity contribution in [3.63, 3.8) is 0 Å². The van der Waals surface area contributed by atoms with Crippen molar-refractivity contribution in [2.45, 2.75) is 24.6 Å². The maximum absolute atomic E-state index is 6.08. The third-order valence-corrected chi connectivity index (χ3v) is 4.12. The third kappa shape index (κ3) is 7.93. The average molecular weight is 377 g/mol. The van der Waals surface area contributed by atoms with Gasteiger partial charge in [-0.15, -0.1) is 23.2 Å². The Labute approximate surface area is 156 Å². The van der Waals surface area contributed by atoms with Crippen molar-refractivity contribution < 1.29 is 9.47 Å². The van der Waals surface area contributed by atoms with Crippen molar-refractivity contribution in [3.05, 3.63) is 23.3 Å². The summed E-state index contributed by atoms with van der Waals surface area (Å²) in [6.07, 6.45) is 1.93. The van der Waals surface area contributed by atoms with Gasteiger partial charge >= 0.3 is 0 Å². The number of benzene rings is 1. The van der Waals surface area contributed by atoms with E-state index in [1.54, 1.807) is 0 Å². The van der Waals surface area contributed by atoms with Gasteiger partial charge in [-0.25, -0.2) is 0 Å². The van der Waals surface area contributed by atoms with Gasteiger partial charge in [0.15, 0.2) is 0 Å². The van der Waals surface area contributed by atoms with E-state index in [1.165, 1.54) is 0 Å². The molecule has 0 spiro atoms. The topological polar surface area (TPSA) is 24.9 Å². The summed E-state index contributed by atoms with van der Waals surface area (Å²) in [6, 6.07) is 3.92. The number of ether oxygens (including phenoxy) is 2. The highest BCUT2D eigenvalue weighted by molar-refractivity contribution is 6.18. The van der Waals surface area contributed by atoms with Crippen LogP contribution in [0.4, 0.5) is 0 Å². The molecule has 24 heavy (non-hydrogen) atoms. The first-order chi connectivity index (χ1) is 11.5. The minimum absolute atomic E-state index is 0.389. The van der Waals surface area contributed by atoms with Crippen molar-refractivity contribution in [2.24, 2.45) is 0 Å². The predicted molar refractivity (Wildman–Crippen MR) is 103 cm³/mol. The Bertz CT molecular complexity index is 439. The number of nitrogens with zero attached hydrogens (tertiary/aromatic N) is 2. The fourth-order valence-electron chi connectivity index (χ4n) is 2.25. The van der Waals surface area contributed by atoms with Crippen molar-refractivity contribution in [3.8, 4) is 11.5 Å². The lowest BCUT2D eigenvalue weighted by atomic mass is 10.1. The van der Waals surface area contributed by atoms with Gasteiger partial charge in [0, 0.05) is 24.2 Å². The number of alkyl halides is 2. The van der Waals surface area contributed by atoms with Crippen LogP contribution in [0.2, 0.25) is 0 Å². The van der Waals surface area contributed by atoms with E-state index in [0.717, 1.165) is 48.6 Å². The van der Waals surface area contributed by atoms with Crippen LogP contribution in [-0.4, -0.2) is 64.3 Å². The summed E-state index contributed by atoms with van der Waals surface area (Å²) in [5, 5.41) is 0. The van der Waals surface area contributed by atoms with Crippen LogP contribution in [0.1, 0.15) is 24.0 Å². The molecule has 0 aliphatic heterocycles. The summed E-state index contributed by atoms with van der Waals surface area (Å²) in [7, 11) is 8.22. The standard InChI is InChI=1S/C18H30Cl2N2O2/c1-21(2)7-5-9-23-17-11-16(14-20)18(12-15(17)13-19)24-10-6-8-22(3)4/h11-12H,5-10,13-14H2,1-4H3. The van der Waals surface area contributed by atoms with Gasteiger partial charge in [-0.05, 0) is 53.2 Å². The van der Waals surface area contributed by atoms with Gasteiger partial charge in [0.2, 0.25) is 0 Å². The van der Waals surface area contributed by atoms with E-state index in [1.807, 2.05) is 12.1 Å². The first-order valence-corrected chi connectivity index (χ1v) is 9.37. The van der Waals surface area contributed by atoms with E-state index in [9.17, 15) is 0 Å². The lowest BCUT2D eigenvalue weighted by Crippen LogP contribution is -2.16. The summed E-state index contributed by atoms with van der Waals surface area (Å²) in [5.41, 5.74) is 1.89. The molecule has 0 saturated carbocycles. The molecule has 0 bridgehead atoms. The van der Waals surface area contributed by atoms with Gasteiger partial charge in [0.05, 0.1) is 25.0 Å². The molecular formula is C18H30Cl2N2O2. The van der Waals surface area contributed by atoms with E-state index in [-0.39, 0.29) is 0 Å². The van der Waals surface area contributed by atoms with Crippen molar-refractivity contribution in [1.82, 2.24) is 9.80 Å². The Kier molecular flexibility index (Phi) is 10.5. The molecule has 0 fully saturated rings. The molecule has 138 valence electrons. The molecule has 1 aromatic rings. The van der Waals surface area contributed by atoms with Crippen LogP contribution in [0.5, 0.6) is 11.5 Å². The zero-order valence-corrected chi connectivity index (χ0v) is 16.8. The Balaban J connectivity index is 2.69. The minimum atomic E-state index is 0.389. The summed E-state index contributed by atoms with van der Waals surface area (Å²) < 4.78 is 11.8. The summed E-state index contributed by atoms with van der Waals surface area (Å²) >= 11 is 12.2. The normalized spacial score (nSPS) is 11.3. The van der Waals surface area contributed by atoms with Crippen molar-refractivity contribution in [2.75, 3.05) is 54.5 Å². The van der Waals surface area contributed by atoms with E-state index >= 15 is 0 Å². The first-order valence-electron chi connectivity index (χ1n) is 8.30. The predicted octanol–water partition coefficient (Wildman–Crippen LogP) is 3.83. The molecular weight excluding hydrogens is 347 g/mol. The number of halogens is 2. The smallest absolute Gasteiger partial charge is 0.124 e. The zero-order valence-electron chi connectivity index (χ0n) is 15.3. The molecule has 0 saturated heterocycles. The van der Waals surface area contributed by atoms with Crippen LogP contribution in [0.3, 0.4) is 0 Å². The summed E-state index contributed by atoms with van der Waals surface area (Å²) in [6.45, 7) is 3.30. The van der Waals surface area contributed by atoms with Crippen LogP contribution >= 0.6 is 23.2 Å². The van der Waals surface area contributed by atoms with Crippen molar-refractivity contribution in [1.29, 1.82) is 0 Å². The molecule has 0 heterocycles. The molecule has 0 radical (unpaired) electrons. The zero-order chi connectivity index (χ0) is 17.9. The molecule has 0 aliphatic carbocycles. The average Bonchev–Trinajstić information content (AvgIpc) is 2.55. The highest BCUT2D eigenvalue weighted by Crippen LogP contribution is 2.31. The highest BCUT2D eigenvalue weighted by Gasteiger charge is 2.11. The molecule has 1 rings (SSSR count). The maximum atomic E-state index is 6.08. The summed E-state index contributed by atoms with van der Waals surface area (Å²) in [4.78, 5) is 4.28. The molecule has 0 aromatic heterocycles. The fraction of sp³-hybridized carbons (Fsp3) is 0.667. The molecule has 0 N–H and O–H groups in total. The van der Waals surface area contributed by atoms with Crippen LogP contribution in [0, 0.1) is 0 Å². The maximum Gasteiger partial charge on any atom is 0.124 e. The van der Waals surface area contributed by atoms with Gasteiger partial charge in [0.25, 0.3) is 0 Å². The van der Waals surface area contributed by atoms with E-state index in [2.05, 4.69) is 38.0 Å². The van der Waals surface area contributed by atoms with Crippen LogP contribution in [0.25, 0.3) is 0 Å². The third-order valence-electron chi connectivity index (χ3n) is 3.55. The van der Waals surface area contributed by atoms with Gasteiger partial charge in [-0.1, -0.05) is 0 Å². The quantitative estimate of drug-likeness (QED) is 0.408. The second kappa shape index (κ2) is 11.8. The molecule has 4 nitrogen and oxygen atoms in total. The lowest BCUT2D eigenvalue weighted by Gasteiger charge is -2.17. The van der Waals surface area contributed by atoms with Gasteiger partial charge in [-0.3, -0.25) is 0 Å². The largest absolute Gasteiger partial charge is 0.493 e. The monoisotopic (exact) mass is 376 g/mol. The van der Waals surface area contributed by atoms with Gasteiger partial charge < -0.3 is 19.3 Å². The van der Waals surface area contributed by atoms with E-state index < -0.39 is 0 Å². The number of hydrogen-bond acceptors (Lipinski definition) is 4. The Morgan fingerprint density at radius 3 is 1.42 bits per heavy atom. The Morgan fingerprint density at radius 2 is 1.12 bits per heavy atom. The highest BCUT2D eigenvalue weighted by atomic mass is 35.5. The van der Waals surface area contributed by atoms with Crippen LogP contribution in [-0.2, 0) is 11.8 Å². The first kappa shape index (κ1) is 21.4.